The molecule has 4 nitrogen and oxygen atoms in total. The van der Waals surface area contributed by atoms with Crippen molar-refractivity contribution in [3.8, 4) is 17.0 Å². The number of aryl methyl sites for hydroxylation is 1. The summed E-state index contributed by atoms with van der Waals surface area (Å²) in [5.41, 5.74) is 2.22. The van der Waals surface area contributed by atoms with E-state index in [-0.39, 0.29) is 16.5 Å². The minimum Gasteiger partial charge on any atom is -0.478 e. The normalized spacial score (nSPS) is 11.5. The molecule has 1 aromatic heterocycles. The van der Waals surface area contributed by atoms with E-state index < -0.39 is 18.1 Å². The van der Waals surface area contributed by atoms with Gasteiger partial charge in [-0.25, -0.2) is 9.78 Å². The molecule has 7 heteroatoms. The van der Waals surface area contributed by atoms with Crippen LogP contribution < -0.4 is 4.74 Å². The Morgan fingerprint density at radius 1 is 1.12 bits per heavy atom. The molecule has 0 aliphatic carbocycles. The molecule has 1 heterocycles. The highest BCUT2D eigenvalue weighted by Crippen LogP contribution is 2.31. The maximum atomic E-state index is 12.4. The first-order valence-corrected chi connectivity index (χ1v) is 7.24. The largest absolute Gasteiger partial charge is 0.573 e. The number of carboxylic acid groups (broad SMARTS) is 1. The van der Waals surface area contributed by atoms with E-state index in [0.717, 1.165) is 23.3 Å². The van der Waals surface area contributed by atoms with Crippen LogP contribution in [-0.2, 0) is 0 Å². The number of benzene rings is 2. The molecule has 0 saturated heterocycles. The molecule has 0 amide bonds. The molecule has 0 atom stereocenters. The number of fused-ring (bicyclic) bond motifs is 1. The number of pyridine rings is 1. The van der Waals surface area contributed by atoms with Crippen LogP contribution in [0.3, 0.4) is 0 Å². The van der Waals surface area contributed by atoms with Gasteiger partial charge in [0.2, 0.25) is 0 Å². The van der Waals surface area contributed by atoms with Gasteiger partial charge >= 0.3 is 12.3 Å². The summed E-state index contributed by atoms with van der Waals surface area (Å²) in [5, 5.41) is 9.53. The van der Waals surface area contributed by atoms with E-state index in [1.54, 1.807) is 12.1 Å². The Kier molecular flexibility index (Phi) is 4.08. The van der Waals surface area contributed by atoms with Crippen LogP contribution in [0, 0.1) is 6.92 Å². The van der Waals surface area contributed by atoms with E-state index in [2.05, 4.69) is 9.72 Å². The number of hydrogen-bond acceptors (Lipinski definition) is 3. The number of carbonyl (C=O) groups is 1. The maximum Gasteiger partial charge on any atom is 0.573 e. The lowest BCUT2D eigenvalue weighted by Crippen LogP contribution is -2.17. The Morgan fingerprint density at radius 2 is 1.84 bits per heavy atom. The second-order valence-corrected chi connectivity index (χ2v) is 5.40. The second-order valence-electron chi connectivity index (χ2n) is 5.40. The highest BCUT2D eigenvalue weighted by molar-refractivity contribution is 6.04. The van der Waals surface area contributed by atoms with Crippen molar-refractivity contribution in [2.24, 2.45) is 0 Å². The summed E-state index contributed by atoms with van der Waals surface area (Å²) in [6, 6.07) is 12.1. The number of aromatic nitrogens is 1. The predicted molar refractivity (Wildman–Crippen MR) is 85.6 cm³/mol. The maximum absolute atomic E-state index is 12.4. The van der Waals surface area contributed by atoms with Crippen molar-refractivity contribution < 1.29 is 27.8 Å². The number of hydrogen-bond donors (Lipinski definition) is 1. The van der Waals surface area contributed by atoms with E-state index in [4.69, 9.17) is 0 Å². The zero-order chi connectivity index (χ0) is 18.2. The average molecular weight is 347 g/mol. The van der Waals surface area contributed by atoms with Gasteiger partial charge < -0.3 is 9.84 Å². The Morgan fingerprint density at radius 3 is 2.48 bits per heavy atom. The van der Waals surface area contributed by atoms with Gasteiger partial charge in [0.05, 0.1) is 16.8 Å². The molecule has 0 radical (unpaired) electrons. The van der Waals surface area contributed by atoms with Crippen LogP contribution in [0.15, 0.2) is 48.5 Å². The van der Waals surface area contributed by atoms with Crippen molar-refractivity contribution in [3.05, 3.63) is 59.7 Å². The Bertz CT molecular complexity index is 967. The molecule has 0 saturated carbocycles. The highest BCUT2D eigenvalue weighted by atomic mass is 19.4. The SMILES string of the molecule is Cc1ccccc1-c1cc(C(=O)O)c2cc(OC(F)(F)F)ccc2n1. The Hall–Kier alpha value is -3.09. The highest BCUT2D eigenvalue weighted by Gasteiger charge is 2.31. The summed E-state index contributed by atoms with van der Waals surface area (Å²) in [6.45, 7) is 1.86. The molecule has 3 rings (SSSR count). The lowest BCUT2D eigenvalue weighted by atomic mass is 10.0. The quantitative estimate of drug-likeness (QED) is 0.739. The topological polar surface area (TPSA) is 59.4 Å². The van der Waals surface area contributed by atoms with Crippen LogP contribution in [0.1, 0.15) is 15.9 Å². The van der Waals surface area contributed by atoms with E-state index in [9.17, 15) is 23.1 Å². The van der Waals surface area contributed by atoms with Crippen molar-refractivity contribution in [2.45, 2.75) is 13.3 Å². The molecule has 3 aromatic rings. The monoisotopic (exact) mass is 347 g/mol. The third-order valence-corrected chi connectivity index (χ3v) is 3.67. The first-order valence-electron chi connectivity index (χ1n) is 7.24. The molecule has 0 unspecified atom stereocenters. The van der Waals surface area contributed by atoms with E-state index in [1.807, 2.05) is 19.1 Å². The molecule has 0 bridgehead atoms. The second kappa shape index (κ2) is 6.08. The van der Waals surface area contributed by atoms with Gasteiger partial charge in [-0.3, -0.25) is 0 Å². The summed E-state index contributed by atoms with van der Waals surface area (Å²) < 4.78 is 41.0. The average Bonchev–Trinajstić information content (AvgIpc) is 2.52. The summed E-state index contributed by atoms with van der Waals surface area (Å²) in [6.07, 6.45) is -4.86. The van der Waals surface area contributed by atoms with Gasteiger partial charge in [0.1, 0.15) is 5.75 Å². The lowest BCUT2D eigenvalue weighted by molar-refractivity contribution is -0.274. The first-order chi connectivity index (χ1) is 11.7. The molecule has 2 aromatic carbocycles. The van der Waals surface area contributed by atoms with E-state index in [0.29, 0.717) is 5.69 Å². The van der Waals surface area contributed by atoms with Gasteiger partial charge in [-0.2, -0.15) is 0 Å². The fourth-order valence-electron chi connectivity index (χ4n) is 2.58. The van der Waals surface area contributed by atoms with Gasteiger partial charge in [0, 0.05) is 10.9 Å². The number of alkyl halides is 3. The van der Waals surface area contributed by atoms with Crippen LogP contribution in [0.4, 0.5) is 13.2 Å². The molecule has 128 valence electrons. The molecule has 0 aliphatic rings. The number of aromatic carboxylic acids is 1. The number of carboxylic acids is 1. The zero-order valence-corrected chi connectivity index (χ0v) is 13.0. The van der Waals surface area contributed by atoms with Crippen molar-refractivity contribution >= 4 is 16.9 Å². The van der Waals surface area contributed by atoms with Crippen LogP contribution in [0.25, 0.3) is 22.2 Å². The van der Waals surface area contributed by atoms with E-state index in [1.165, 1.54) is 12.1 Å². The molecular formula is C18H12F3NO3. The van der Waals surface area contributed by atoms with Crippen LogP contribution in [0.2, 0.25) is 0 Å². The Labute approximate surface area is 140 Å². The third kappa shape index (κ3) is 3.55. The van der Waals surface area contributed by atoms with Gasteiger partial charge in [-0.1, -0.05) is 24.3 Å². The molecule has 0 fully saturated rings. The van der Waals surface area contributed by atoms with Gasteiger partial charge in [-0.15, -0.1) is 13.2 Å². The standard InChI is InChI=1S/C18H12F3NO3/c1-10-4-2-3-5-12(10)16-9-14(17(23)24)13-8-11(25-18(19,20)21)6-7-15(13)22-16/h2-9H,1H3,(H,23,24). The molecule has 0 aliphatic heterocycles. The number of rotatable bonds is 3. The van der Waals surface area contributed by atoms with Gasteiger partial charge in [0.25, 0.3) is 0 Å². The van der Waals surface area contributed by atoms with Crippen LogP contribution in [-0.4, -0.2) is 22.4 Å². The smallest absolute Gasteiger partial charge is 0.478 e. The van der Waals surface area contributed by atoms with Gasteiger partial charge in [-0.05, 0) is 36.8 Å². The Balaban J connectivity index is 2.20. The summed E-state index contributed by atoms with van der Waals surface area (Å²) in [5.74, 6) is -1.75. The molecular weight excluding hydrogens is 335 g/mol. The molecule has 25 heavy (non-hydrogen) atoms. The number of halogens is 3. The fraction of sp³-hybridized carbons (Fsp3) is 0.111. The summed E-state index contributed by atoms with van der Waals surface area (Å²) in [7, 11) is 0. The van der Waals surface area contributed by atoms with Gasteiger partial charge in [0.15, 0.2) is 0 Å². The van der Waals surface area contributed by atoms with Crippen LogP contribution >= 0.6 is 0 Å². The predicted octanol–water partition coefficient (Wildman–Crippen LogP) is 4.81. The van der Waals surface area contributed by atoms with Crippen molar-refractivity contribution in [1.29, 1.82) is 0 Å². The lowest BCUT2D eigenvalue weighted by Gasteiger charge is -2.12. The summed E-state index contributed by atoms with van der Waals surface area (Å²) >= 11 is 0. The van der Waals surface area contributed by atoms with Crippen molar-refractivity contribution in [2.75, 3.05) is 0 Å². The number of nitrogens with zero attached hydrogens (tertiary/aromatic N) is 1. The fourth-order valence-corrected chi connectivity index (χ4v) is 2.58. The van der Waals surface area contributed by atoms with E-state index >= 15 is 0 Å². The minimum absolute atomic E-state index is 0.0755. The molecule has 1 N–H and O–H groups in total. The number of ether oxygens (including phenoxy) is 1. The third-order valence-electron chi connectivity index (χ3n) is 3.67. The van der Waals surface area contributed by atoms with Crippen molar-refractivity contribution in [1.82, 2.24) is 4.98 Å². The molecule has 0 spiro atoms. The van der Waals surface area contributed by atoms with Crippen molar-refractivity contribution in [3.63, 3.8) is 0 Å². The zero-order valence-electron chi connectivity index (χ0n) is 13.0. The minimum atomic E-state index is -4.86. The van der Waals surface area contributed by atoms with Crippen LogP contribution in [0.5, 0.6) is 5.75 Å². The summed E-state index contributed by atoms with van der Waals surface area (Å²) in [4.78, 5) is 16.0. The first kappa shape index (κ1) is 16.8.